The van der Waals surface area contributed by atoms with E-state index in [4.69, 9.17) is 0 Å². The molecule has 29 heavy (non-hydrogen) atoms. The van der Waals surface area contributed by atoms with Crippen molar-refractivity contribution in [2.24, 2.45) is 4.99 Å². The van der Waals surface area contributed by atoms with Gasteiger partial charge in [-0.25, -0.2) is 4.99 Å². The second-order valence-electron chi connectivity index (χ2n) is 7.13. The number of phenolic OH excluding ortho intramolecular Hbond substituents is 2. The highest BCUT2D eigenvalue weighted by Crippen LogP contribution is 2.30. The summed E-state index contributed by atoms with van der Waals surface area (Å²) in [6.45, 7) is 2.11. The van der Waals surface area contributed by atoms with Crippen LogP contribution in [0.4, 0.5) is 5.69 Å². The quantitative estimate of drug-likeness (QED) is 0.440. The number of hydrogen-bond donors (Lipinski definition) is 3. The molecule has 1 aliphatic carbocycles. The van der Waals surface area contributed by atoms with Crippen LogP contribution in [0.2, 0.25) is 0 Å². The maximum absolute atomic E-state index is 12.7. The second-order valence-corrected chi connectivity index (χ2v) is 7.13. The third-order valence-electron chi connectivity index (χ3n) is 4.90. The van der Waals surface area contributed by atoms with Gasteiger partial charge >= 0.3 is 0 Å². The van der Waals surface area contributed by atoms with Gasteiger partial charge in [-0.05, 0) is 60.4 Å². The fourth-order valence-corrected chi connectivity index (χ4v) is 3.34. The van der Waals surface area contributed by atoms with Gasteiger partial charge in [0.25, 0.3) is 0 Å². The number of benzene rings is 2. The molecule has 2 aromatic rings. The van der Waals surface area contributed by atoms with E-state index in [1.807, 2.05) is 0 Å². The monoisotopic (exact) mass is 391 g/mol. The van der Waals surface area contributed by atoms with Crippen LogP contribution in [0.1, 0.15) is 38.2 Å². The average molecular weight is 391 g/mol. The maximum atomic E-state index is 12.7. The Labute approximate surface area is 170 Å². The van der Waals surface area contributed by atoms with Gasteiger partial charge in [0.2, 0.25) is 5.78 Å². The third kappa shape index (κ3) is 5.13. The summed E-state index contributed by atoms with van der Waals surface area (Å²) in [5.74, 6) is -0.0389. The van der Waals surface area contributed by atoms with Gasteiger partial charge in [-0.2, -0.15) is 0 Å². The summed E-state index contributed by atoms with van der Waals surface area (Å²) >= 11 is 0. The molecule has 5 heteroatoms. The molecule has 0 fully saturated rings. The molecule has 0 heterocycles. The number of carbonyl (C=O) groups is 1. The number of carbonyl (C=O) groups excluding carboxylic acids is 1. The van der Waals surface area contributed by atoms with Gasteiger partial charge in [0, 0.05) is 18.1 Å². The molecule has 0 aromatic heterocycles. The Bertz CT molecular complexity index is 967. The Balaban J connectivity index is 2.04. The molecule has 2 aromatic carbocycles. The Hall–Kier alpha value is -3.34. The minimum Gasteiger partial charge on any atom is -0.508 e. The highest BCUT2D eigenvalue weighted by Gasteiger charge is 2.26. The number of aliphatic imine (C=N–C) groups is 1. The van der Waals surface area contributed by atoms with Crippen molar-refractivity contribution in [2.75, 3.05) is 0 Å². The highest BCUT2D eigenvalue weighted by atomic mass is 16.3. The van der Waals surface area contributed by atoms with E-state index in [1.165, 1.54) is 18.2 Å². The number of hydrogen-bond acceptors (Lipinski definition) is 5. The van der Waals surface area contributed by atoms with Gasteiger partial charge in [0.1, 0.15) is 23.0 Å². The Morgan fingerprint density at radius 2 is 1.45 bits per heavy atom. The Kier molecular flexibility index (Phi) is 6.50. The van der Waals surface area contributed by atoms with E-state index in [0.29, 0.717) is 29.8 Å². The maximum Gasteiger partial charge on any atom is 0.208 e. The molecule has 150 valence electrons. The van der Waals surface area contributed by atoms with E-state index in [1.54, 1.807) is 36.4 Å². The second kappa shape index (κ2) is 9.24. The number of aliphatic hydroxyl groups excluding tert-OH is 1. The predicted octanol–water partition coefficient (Wildman–Crippen LogP) is 5.31. The lowest BCUT2D eigenvalue weighted by molar-refractivity contribution is -0.109. The number of aromatic hydroxyl groups is 2. The summed E-state index contributed by atoms with van der Waals surface area (Å²) in [7, 11) is 0. The zero-order chi connectivity index (χ0) is 20.8. The molecule has 0 radical (unpaired) electrons. The van der Waals surface area contributed by atoms with Crippen LogP contribution in [0.15, 0.2) is 76.5 Å². The summed E-state index contributed by atoms with van der Waals surface area (Å²) in [6.07, 6.45) is 5.24. The summed E-state index contributed by atoms with van der Waals surface area (Å²) in [5.41, 5.74) is 3.26. The van der Waals surface area contributed by atoms with E-state index < -0.39 is 0 Å². The SMILES string of the molecule is CCCCCC1=C(Cc2ccc(O)cc2)C(O)=CC(=O)C1=Nc1ccc(O)cc1. The van der Waals surface area contributed by atoms with E-state index in [9.17, 15) is 20.1 Å². The molecule has 0 saturated heterocycles. The number of allylic oxidation sites excluding steroid dienone is 3. The van der Waals surface area contributed by atoms with Crippen LogP contribution in [-0.2, 0) is 11.2 Å². The highest BCUT2D eigenvalue weighted by molar-refractivity contribution is 6.51. The minimum absolute atomic E-state index is 0.0285. The van der Waals surface area contributed by atoms with E-state index in [2.05, 4.69) is 11.9 Å². The number of aliphatic hydroxyl groups is 1. The summed E-state index contributed by atoms with van der Waals surface area (Å²) < 4.78 is 0. The Morgan fingerprint density at radius 3 is 2.07 bits per heavy atom. The van der Waals surface area contributed by atoms with Crippen molar-refractivity contribution >= 4 is 17.2 Å². The molecule has 5 nitrogen and oxygen atoms in total. The first-order chi connectivity index (χ1) is 14.0. The number of phenols is 2. The first kappa shape index (κ1) is 20.4. The normalized spacial score (nSPS) is 15.7. The van der Waals surface area contributed by atoms with Gasteiger partial charge in [-0.1, -0.05) is 31.9 Å². The molecular weight excluding hydrogens is 366 g/mol. The van der Waals surface area contributed by atoms with Gasteiger partial charge in [0.15, 0.2) is 0 Å². The molecule has 0 atom stereocenters. The van der Waals surface area contributed by atoms with Crippen molar-refractivity contribution in [1.29, 1.82) is 0 Å². The van der Waals surface area contributed by atoms with E-state index >= 15 is 0 Å². The first-order valence-electron chi connectivity index (χ1n) is 9.81. The molecule has 0 amide bonds. The van der Waals surface area contributed by atoms with Crippen molar-refractivity contribution in [3.8, 4) is 11.5 Å². The summed E-state index contributed by atoms with van der Waals surface area (Å²) in [6, 6.07) is 13.2. The third-order valence-corrected chi connectivity index (χ3v) is 4.90. The molecule has 0 saturated carbocycles. The molecule has 0 bridgehead atoms. The van der Waals surface area contributed by atoms with Gasteiger partial charge in [-0.15, -0.1) is 0 Å². The molecular formula is C24H25NO4. The molecule has 3 rings (SSSR count). The zero-order valence-electron chi connectivity index (χ0n) is 16.4. The van der Waals surface area contributed by atoms with Crippen molar-refractivity contribution in [1.82, 2.24) is 0 Å². The number of nitrogens with zero attached hydrogens (tertiary/aromatic N) is 1. The lowest BCUT2D eigenvalue weighted by Gasteiger charge is -2.20. The predicted molar refractivity (Wildman–Crippen MR) is 114 cm³/mol. The molecule has 0 unspecified atom stereocenters. The fourth-order valence-electron chi connectivity index (χ4n) is 3.34. The first-order valence-corrected chi connectivity index (χ1v) is 9.81. The van der Waals surface area contributed by atoms with E-state index in [0.717, 1.165) is 30.4 Å². The molecule has 1 aliphatic rings. The Morgan fingerprint density at radius 1 is 0.828 bits per heavy atom. The van der Waals surface area contributed by atoms with Crippen LogP contribution >= 0.6 is 0 Å². The lowest BCUT2D eigenvalue weighted by Crippen LogP contribution is -2.23. The van der Waals surface area contributed by atoms with Crippen LogP contribution in [0, 0.1) is 0 Å². The van der Waals surface area contributed by atoms with Crippen LogP contribution in [0.5, 0.6) is 11.5 Å². The zero-order valence-corrected chi connectivity index (χ0v) is 16.4. The molecule has 3 N–H and O–H groups in total. The topological polar surface area (TPSA) is 90.1 Å². The van der Waals surface area contributed by atoms with Crippen molar-refractivity contribution in [3.63, 3.8) is 0 Å². The largest absolute Gasteiger partial charge is 0.508 e. The van der Waals surface area contributed by atoms with Crippen molar-refractivity contribution in [3.05, 3.63) is 77.1 Å². The molecule has 0 spiro atoms. The van der Waals surface area contributed by atoms with Crippen LogP contribution in [-0.4, -0.2) is 26.8 Å². The summed E-state index contributed by atoms with van der Waals surface area (Å²) in [5, 5.41) is 29.5. The van der Waals surface area contributed by atoms with Crippen LogP contribution < -0.4 is 0 Å². The van der Waals surface area contributed by atoms with Gasteiger partial charge in [0.05, 0.1) is 5.69 Å². The number of ketones is 1. The minimum atomic E-state index is -0.323. The van der Waals surface area contributed by atoms with Gasteiger partial charge < -0.3 is 15.3 Å². The van der Waals surface area contributed by atoms with Crippen LogP contribution in [0.25, 0.3) is 0 Å². The fraction of sp³-hybridized carbons (Fsp3) is 0.250. The molecule has 0 aliphatic heterocycles. The number of unbranched alkanes of at least 4 members (excludes halogenated alkanes) is 2. The van der Waals surface area contributed by atoms with Crippen molar-refractivity contribution in [2.45, 2.75) is 39.0 Å². The standard InChI is InChI=1S/C24H25NO4/c1-2-3-4-5-20-21(14-16-6-10-18(26)11-7-16)22(28)15-23(29)24(20)25-17-8-12-19(27)13-9-17/h6-13,15,26-28H,2-5,14H2,1H3. The number of rotatable bonds is 7. The lowest BCUT2D eigenvalue weighted by atomic mass is 9.86. The smallest absolute Gasteiger partial charge is 0.208 e. The van der Waals surface area contributed by atoms with Crippen molar-refractivity contribution < 1.29 is 20.1 Å². The van der Waals surface area contributed by atoms with E-state index in [-0.39, 0.29) is 23.0 Å². The van der Waals surface area contributed by atoms with Crippen LogP contribution in [0.3, 0.4) is 0 Å². The summed E-state index contributed by atoms with van der Waals surface area (Å²) in [4.78, 5) is 17.2. The van der Waals surface area contributed by atoms with Gasteiger partial charge in [-0.3, -0.25) is 4.79 Å². The average Bonchev–Trinajstić information content (AvgIpc) is 2.70.